The highest BCUT2D eigenvalue weighted by atomic mass is 32.2. The number of likely N-dealkylation sites (tertiary alicyclic amines) is 1. The zero-order chi connectivity index (χ0) is 23.9. The number of amides is 3. The molecule has 1 spiro atoms. The first-order valence-corrected chi connectivity index (χ1v) is 12.8. The molecule has 0 aromatic heterocycles. The van der Waals surface area contributed by atoms with Crippen LogP contribution < -0.4 is 10.6 Å². The lowest BCUT2D eigenvalue weighted by atomic mass is 9.70. The number of fused-ring (bicyclic) bond motifs is 1. The summed E-state index contributed by atoms with van der Waals surface area (Å²) in [6.07, 6.45) is 2.13. The van der Waals surface area contributed by atoms with Crippen LogP contribution in [-0.4, -0.2) is 62.5 Å². The Balaban J connectivity index is 1.71. The summed E-state index contributed by atoms with van der Waals surface area (Å²) in [6.45, 7) is 7.69. The SMILES string of the molecule is CC(C)C[C@H](CO)N1C(=O)[C@@H]2[C@@H](C(=O)Nc3ccccc3)[C@H]3CCC2(S3)C1C(=O)NC(C)C. The smallest absolute Gasteiger partial charge is 0.244 e. The van der Waals surface area contributed by atoms with Gasteiger partial charge in [0.05, 0.1) is 29.2 Å². The summed E-state index contributed by atoms with van der Waals surface area (Å²) in [5, 5.41) is 16.2. The van der Waals surface area contributed by atoms with E-state index in [-0.39, 0.29) is 41.5 Å². The number of nitrogens with zero attached hydrogens (tertiary/aromatic N) is 1. The molecular formula is C25H35N3O4S. The summed E-state index contributed by atoms with van der Waals surface area (Å²) in [6, 6.07) is 8.08. The molecule has 1 aromatic carbocycles. The first-order chi connectivity index (χ1) is 15.7. The largest absolute Gasteiger partial charge is 0.394 e. The van der Waals surface area contributed by atoms with Crippen molar-refractivity contribution in [1.82, 2.24) is 10.2 Å². The number of hydrogen-bond acceptors (Lipinski definition) is 5. The maximum absolute atomic E-state index is 14.0. The van der Waals surface area contributed by atoms with E-state index in [4.69, 9.17) is 0 Å². The van der Waals surface area contributed by atoms with Gasteiger partial charge in [0.25, 0.3) is 0 Å². The van der Waals surface area contributed by atoms with Gasteiger partial charge in [-0.3, -0.25) is 14.4 Å². The van der Waals surface area contributed by atoms with E-state index in [1.165, 1.54) is 0 Å². The van der Waals surface area contributed by atoms with Crippen LogP contribution in [0.2, 0.25) is 0 Å². The number of aliphatic hydroxyl groups excluding tert-OH is 1. The van der Waals surface area contributed by atoms with E-state index in [2.05, 4.69) is 10.6 Å². The predicted octanol–water partition coefficient (Wildman–Crippen LogP) is 2.65. The minimum absolute atomic E-state index is 0.0110. The summed E-state index contributed by atoms with van der Waals surface area (Å²) < 4.78 is -0.635. The van der Waals surface area contributed by atoms with Crippen molar-refractivity contribution in [2.24, 2.45) is 17.8 Å². The van der Waals surface area contributed by atoms with Crippen molar-refractivity contribution in [3.63, 3.8) is 0 Å². The first-order valence-electron chi connectivity index (χ1n) is 12.0. The molecule has 4 rings (SSSR count). The summed E-state index contributed by atoms with van der Waals surface area (Å²) in [4.78, 5) is 42.5. The first kappa shape index (κ1) is 24.1. The molecular weight excluding hydrogens is 438 g/mol. The lowest BCUT2D eigenvalue weighted by molar-refractivity contribution is -0.142. The minimum Gasteiger partial charge on any atom is -0.394 e. The van der Waals surface area contributed by atoms with Gasteiger partial charge in [-0.1, -0.05) is 32.0 Å². The van der Waals surface area contributed by atoms with Crippen LogP contribution in [-0.2, 0) is 14.4 Å². The van der Waals surface area contributed by atoms with Crippen molar-refractivity contribution in [3.8, 4) is 0 Å². The number of nitrogens with one attached hydrogen (secondary N) is 2. The Kier molecular flexibility index (Phi) is 6.78. The fraction of sp³-hybridized carbons (Fsp3) is 0.640. The van der Waals surface area contributed by atoms with E-state index in [1.807, 2.05) is 58.0 Å². The maximum Gasteiger partial charge on any atom is 0.244 e. The third kappa shape index (κ3) is 4.16. The third-order valence-corrected chi connectivity index (χ3v) is 9.06. The van der Waals surface area contributed by atoms with Crippen molar-refractivity contribution in [3.05, 3.63) is 30.3 Å². The molecule has 3 saturated heterocycles. The van der Waals surface area contributed by atoms with Gasteiger partial charge < -0.3 is 20.6 Å². The Morgan fingerprint density at radius 2 is 1.88 bits per heavy atom. The molecule has 180 valence electrons. The molecule has 0 radical (unpaired) electrons. The Hall–Kier alpha value is -2.06. The summed E-state index contributed by atoms with van der Waals surface area (Å²) in [5.74, 6) is -1.30. The molecule has 2 bridgehead atoms. The van der Waals surface area contributed by atoms with Crippen molar-refractivity contribution in [2.75, 3.05) is 11.9 Å². The van der Waals surface area contributed by atoms with E-state index < -0.39 is 28.7 Å². The van der Waals surface area contributed by atoms with Gasteiger partial charge in [-0.25, -0.2) is 0 Å². The summed E-state index contributed by atoms with van der Waals surface area (Å²) in [7, 11) is 0. The van der Waals surface area contributed by atoms with Gasteiger partial charge in [-0.15, -0.1) is 11.8 Å². The molecule has 7 nitrogen and oxygen atoms in total. The van der Waals surface area contributed by atoms with Gasteiger partial charge in [0.1, 0.15) is 6.04 Å². The van der Waals surface area contributed by atoms with Gasteiger partial charge in [-0.2, -0.15) is 0 Å². The van der Waals surface area contributed by atoms with Crippen LogP contribution in [0.1, 0.15) is 47.0 Å². The van der Waals surface area contributed by atoms with Gasteiger partial charge in [0, 0.05) is 17.0 Å². The van der Waals surface area contributed by atoms with Crippen LogP contribution >= 0.6 is 11.8 Å². The number of hydrogen-bond donors (Lipinski definition) is 3. The monoisotopic (exact) mass is 473 g/mol. The number of carbonyl (C=O) groups excluding carboxylic acids is 3. The molecule has 3 N–H and O–H groups in total. The average Bonchev–Trinajstić information content (AvgIpc) is 3.39. The second kappa shape index (κ2) is 9.29. The Bertz CT molecular complexity index is 908. The van der Waals surface area contributed by atoms with Crippen molar-refractivity contribution < 1.29 is 19.5 Å². The third-order valence-electron chi connectivity index (χ3n) is 7.11. The van der Waals surface area contributed by atoms with E-state index >= 15 is 0 Å². The van der Waals surface area contributed by atoms with Gasteiger partial charge in [0.2, 0.25) is 17.7 Å². The quantitative estimate of drug-likeness (QED) is 0.539. The molecule has 0 aliphatic carbocycles. The number of carbonyl (C=O) groups is 3. The normalized spacial score (nSPS) is 31.2. The van der Waals surface area contributed by atoms with Gasteiger partial charge >= 0.3 is 0 Å². The van der Waals surface area contributed by atoms with Crippen LogP contribution in [0.25, 0.3) is 0 Å². The van der Waals surface area contributed by atoms with E-state index in [0.717, 1.165) is 12.8 Å². The molecule has 3 aliphatic rings. The van der Waals surface area contributed by atoms with Gasteiger partial charge in [-0.05, 0) is 51.2 Å². The second-order valence-corrected chi connectivity index (χ2v) is 11.9. The molecule has 6 atom stereocenters. The Morgan fingerprint density at radius 3 is 2.48 bits per heavy atom. The number of rotatable bonds is 8. The van der Waals surface area contributed by atoms with Crippen molar-refractivity contribution in [1.29, 1.82) is 0 Å². The molecule has 8 heteroatoms. The van der Waals surface area contributed by atoms with Crippen LogP contribution in [0.5, 0.6) is 0 Å². The zero-order valence-corrected chi connectivity index (χ0v) is 20.6. The molecule has 2 unspecified atom stereocenters. The Morgan fingerprint density at radius 1 is 1.18 bits per heavy atom. The van der Waals surface area contributed by atoms with Crippen molar-refractivity contribution in [2.45, 2.75) is 75.1 Å². The fourth-order valence-corrected chi connectivity index (χ4v) is 8.22. The van der Waals surface area contributed by atoms with Crippen LogP contribution in [0.15, 0.2) is 30.3 Å². The lowest BCUT2D eigenvalue weighted by Crippen LogP contribution is -2.57. The summed E-state index contributed by atoms with van der Waals surface area (Å²) >= 11 is 1.65. The zero-order valence-electron chi connectivity index (χ0n) is 19.8. The molecule has 33 heavy (non-hydrogen) atoms. The Labute approximate surface area is 200 Å². The van der Waals surface area contributed by atoms with Crippen LogP contribution in [0.4, 0.5) is 5.69 Å². The number of benzene rings is 1. The van der Waals surface area contributed by atoms with Crippen LogP contribution in [0.3, 0.4) is 0 Å². The van der Waals surface area contributed by atoms with Crippen molar-refractivity contribution >= 4 is 35.2 Å². The van der Waals surface area contributed by atoms with E-state index in [9.17, 15) is 19.5 Å². The van der Waals surface area contributed by atoms with Crippen LogP contribution in [0, 0.1) is 17.8 Å². The number of para-hydroxylation sites is 1. The molecule has 0 saturated carbocycles. The topological polar surface area (TPSA) is 98.7 Å². The van der Waals surface area contributed by atoms with Gasteiger partial charge in [0.15, 0.2) is 0 Å². The fourth-order valence-electron chi connectivity index (χ4n) is 6.01. The minimum atomic E-state index is -0.683. The number of anilines is 1. The second-order valence-electron chi connectivity index (χ2n) is 10.3. The molecule has 3 aliphatic heterocycles. The standard InChI is InChI=1S/C25H35N3O4S/c1-14(2)12-17(13-29)28-21(23(31)26-15(3)4)25-11-10-18(33-25)19(20(25)24(28)32)22(30)27-16-8-6-5-7-9-16/h5-9,14-15,17-21,29H,10-13H2,1-4H3,(H,26,31)(H,27,30)/t17-,18-,19+,20+,21?,25?/m1/s1. The predicted molar refractivity (Wildman–Crippen MR) is 130 cm³/mol. The summed E-state index contributed by atoms with van der Waals surface area (Å²) in [5.41, 5.74) is 0.703. The number of aliphatic hydroxyl groups is 1. The highest BCUT2D eigenvalue weighted by molar-refractivity contribution is 8.02. The van der Waals surface area contributed by atoms with E-state index in [1.54, 1.807) is 16.7 Å². The highest BCUT2D eigenvalue weighted by Crippen LogP contribution is 2.66. The molecule has 1 aromatic rings. The maximum atomic E-state index is 14.0. The molecule has 3 amide bonds. The van der Waals surface area contributed by atoms with E-state index in [0.29, 0.717) is 12.1 Å². The average molecular weight is 474 g/mol. The molecule has 3 fully saturated rings. The highest BCUT2D eigenvalue weighted by Gasteiger charge is 2.74. The lowest BCUT2D eigenvalue weighted by Gasteiger charge is -2.38. The number of thioether (sulfide) groups is 1. The molecule has 3 heterocycles.